The summed E-state index contributed by atoms with van der Waals surface area (Å²) < 4.78 is 40.1. The number of benzene rings is 2. The van der Waals surface area contributed by atoms with Crippen LogP contribution in [0.2, 0.25) is 0 Å². The lowest BCUT2D eigenvalue weighted by molar-refractivity contribution is -0.138. The van der Waals surface area contributed by atoms with E-state index in [0.717, 1.165) is 29.5 Å². The monoisotopic (exact) mass is 493 g/mol. The Morgan fingerprint density at radius 3 is 2.61 bits per heavy atom. The molecule has 11 heteroatoms. The van der Waals surface area contributed by atoms with E-state index in [1.165, 1.54) is 17.8 Å². The first-order valence-corrected chi connectivity index (χ1v) is 11.8. The Labute approximate surface area is 195 Å². The molecule has 0 bridgehead atoms. The molecule has 6 nitrogen and oxygen atoms in total. The van der Waals surface area contributed by atoms with E-state index in [-0.39, 0.29) is 17.5 Å². The van der Waals surface area contributed by atoms with Gasteiger partial charge in [-0.25, -0.2) is 0 Å². The van der Waals surface area contributed by atoms with E-state index in [1.807, 2.05) is 30.3 Å². The molecule has 0 saturated carbocycles. The van der Waals surface area contributed by atoms with E-state index in [2.05, 4.69) is 15.5 Å². The molecule has 2 aromatic rings. The van der Waals surface area contributed by atoms with Crippen molar-refractivity contribution >= 4 is 46.3 Å². The Hall–Kier alpha value is -2.79. The largest absolute Gasteiger partial charge is 0.481 e. The highest BCUT2D eigenvalue weighted by Crippen LogP contribution is 2.39. The Bertz CT molecular complexity index is 1140. The Morgan fingerprint density at radius 2 is 1.91 bits per heavy atom. The summed E-state index contributed by atoms with van der Waals surface area (Å²) in [5.74, 6) is -1.19. The van der Waals surface area contributed by atoms with E-state index >= 15 is 0 Å². The molecule has 0 aromatic heterocycles. The number of hydrogen-bond donors (Lipinski definition) is 2. The number of nitrogens with one attached hydrogen (secondary N) is 1. The van der Waals surface area contributed by atoms with Crippen LogP contribution < -0.4 is 5.32 Å². The van der Waals surface area contributed by atoms with Gasteiger partial charge in [0, 0.05) is 22.1 Å². The summed E-state index contributed by atoms with van der Waals surface area (Å²) in [5.41, 5.74) is 1.02. The number of amidine groups is 1. The van der Waals surface area contributed by atoms with Crippen LogP contribution in [-0.4, -0.2) is 38.9 Å². The molecule has 2 unspecified atom stereocenters. The predicted octanol–water partition coefficient (Wildman–Crippen LogP) is 4.44. The van der Waals surface area contributed by atoms with Gasteiger partial charge in [0.1, 0.15) is 5.25 Å². The first-order chi connectivity index (χ1) is 15.7. The van der Waals surface area contributed by atoms with E-state index in [4.69, 9.17) is 5.11 Å². The summed E-state index contributed by atoms with van der Waals surface area (Å²) in [7, 11) is 0. The van der Waals surface area contributed by atoms with Crippen LogP contribution >= 0.6 is 23.5 Å². The number of carbonyl (C=O) groups is 2. The van der Waals surface area contributed by atoms with Gasteiger partial charge in [0.15, 0.2) is 5.17 Å². The smallest absolute Gasteiger partial charge is 0.416 e. The molecular weight excluding hydrogens is 475 g/mol. The SMILES string of the molecule is O=C(O)CC1SC(=NN=C2c3cc(C(F)(F)F)ccc3SCC2Cc2ccccc2)NC1=O. The Balaban J connectivity index is 1.70. The molecule has 2 aliphatic heterocycles. The zero-order valence-corrected chi connectivity index (χ0v) is 18.6. The number of aliphatic carboxylic acids is 1. The molecule has 2 aliphatic rings. The molecule has 1 fully saturated rings. The van der Waals surface area contributed by atoms with Gasteiger partial charge in [-0.05, 0) is 30.2 Å². The van der Waals surface area contributed by atoms with Crippen LogP contribution in [0.25, 0.3) is 0 Å². The number of carboxylic acids is 1. The van der Waals surface area contributed by atoms with Gasteiger partial charge in [0.05, 0.1) is 17.7 Å². The van der Waals surface area contributed by atoms with E-state index in [9.17, 15) is 22.8 Å². The van der Waals surface area contributed by atoms with Crippen LogP contribution in [0, 0.1) is 5.92 Å². The number of thioether (sulfide) groups is 2. The Morgan fingerprint density at radius 1 is 1.15 bits per heavy atom. The fourth-order valence-electron chi connectivity index (χ4n) is 3.56. The zero-order chi connectivity index (χ0) is 23.6. The summed E-state index contributed by atoms with van der Waals surface area (Å²) >= 11 is 2.41. The lowest BCUT2D eigenvalue weighted by Crippen LogP contribution is -2.27. The van der Waals surface area contributed by atoms with Crippen molar-refractivity contribution in [2.24, 2.45) is 16.1 Å². The average Bonchev–Trinajstić information content (AvgIpc) is 3.11. The molecule has 2 N–H and O–H groups in total. The number of carbonyl (C=O) groups excluding carboxylic acids is 1. The minimum Gasteiger partial charge on any atom is -0.481 e. The number of rotatable bonds is 5. The van der Waals surface area contributed by atoms with Gasteiger partial charge in [-0.2, -0.15) is 18.3 Å². The van der Waals surface area contributed by atoms with Gasteiger partial charge >= 0.3 is 12.1 Å². The van der Waals surface area contributed by atoms with Gasteiger partial charge < -0.3 is 10.4 Å². The minimum atomic E-state index is -4.50. The summed E-state index contributed by atoms with van der Waals surface area (Å²) in [4.78, 5) is 23.6. The van der Waals surface area contributed by atoms with Crippen molar-refractivity contribution in [3.8, 4) is 0 Å². The van der Waals surface area contributed by atoms with Crippen molar-refractivity contribution < 1.29 is 27.9 Å². The van der Waals surface area contributed by atoms with Crippen molar-refractivity contribution in [1.29, 1.82) is 0 Å². The average molecular weight is 494 g/mol. The minimum absolute atomic E-state index is 0.129. The van der Waals surface area contributed by atoms with Gasteiger partial charge in [0.25, 0.3) is 0 Å². The maximum atomic E-state index is 13.4. The second kappa shape index (κ2) is 9.60. The fourth-order valence-corrected chi connectivity index (χ4v) is 5.60. The first kappa shape index (κ1) is 23.4. The second-order valence-corrected chi connectivity index (χ2v) is 9.74. The molecule has 33 heavy (non-hydrogen) atoms. The predicted molar refractivity (Wildman–Crippen MR) is 122 cm³/mol. The van der Waals surface area contributed by atoms with Crippen molar-refractivity contribution in [3.63, 3.8) is 0 Å². The van der Waals surface area contributed by atoms with Crippen LogP contribution in [0.4, 0.5) is 13.2 Å². The first-order valence-electron chi connectivity index (χ1n) is 9.94. The summed E-state index contributed by atoms with van der Waals surface area (Å²) in [6.07, 6.45) is -4.30. The van der Waals surface area contributed by atoms with E-state index < -0.39 is 28.9 Å². The van der Waals surface area contributed by atoms with Crippen LogP contribution in [0.1, 0.15) is 23.1 Å². The summed E-state index contributed by atoms with van der Waals surface area (Å²) in [6, 6.07) is 13.1. The van der Waals surface area contributed by atoms with Crippen molar-refractivity contribution in [2.75, 3.05) is 5.75 Å². The highest BCUT2D eigenvalue weighted by atomic mass is 32.2. The molecule has 0 spiro atoms. The van der Waals surface area contributed by atoms with Crippen LogP contribution in [0.5, 0.6) is 0 Å². The molecule has 0 aliphatic carbocycles. The molecule has 172 valence electrons. The lowest BCUT2D eigenvalue weighted by atomic mass is 9.90. The number of nitrogens with zero attached hydrogens (tertiary/aromatic N) is 2. The fraction of sp³-hybridized carbons (Fsp3) is 0.273. The molecule has 4 rings (SSSR count). The molecular formula is C22H18F3N3O3S2. The van der Waals surface area contributed by atoms with Crippen LogP contribution in [-0.2, 0) is 22.2 Å². The quantitative estimate of drug-likeness (QED) is 0.601. The van der Waals surface area contributed by atoms with Gasteiger partial charge in [-0.15, -0.1) is 16.9 Å². The van der Waals surface area contributed by atoms with Crippen LogP contribution in [0.3, 0.4) is 0 Å². The standard InChI is InChI=1S/C22H18F3N3O3S2/c23-22(24,25)14-6-7-16-15(9-14)19(13(11-32-16)8-12-4-2-1-3-5-12)27-28-21-26-20(31)17(33-21)10-18(29)30/h1-7,9,13,17H,8,10-11H2,(H,29,30)(H,26,28,31). The maximum absolute atomic E-state index is 13.4. The van der Waals surface area contributed by atoms with Crippen molar-refractivity contribution in [3.05, 3.63) is 65.2 Å². The Kier molecular flexibility index (Phi) is 6.80. The third kappa shape index (κ3) is 5.59. The molecule has 2 heterocycles. The third-order valence-electron chi connectivity index (χ3n) is 5.12. The topological polar surface area (TPSA) is 91.1 Å². The molecule has 2 atom stereocenters. The molecule has 0 radical (unpaired) electrons. The molecule has 1 saturated heterocycles. The van der Waals surface area contributed by atoms with Gasteiger partial charge in [-0.3, -0.25) is 9.59 Å². The van der Waals surface area contributed by atoms with Gasteiger partial charge in [0.2, 0.25) is 5.91 Å². The van der Waals surface area contributed by atoms with Crippen LogP contribution in [0.15, 0.2) is 63.6 Å². The van der Waals surface area contributed by atoms with E-state index in [1.54, 1.807) is 0 Å². The number of hydrogen-bond acceptors (Lipinski definition) is 6. The van der Waals surface area contributed by atoms with Gasteiger partial charge in [-0.1, -0.05) is 42.1 Å². The number of alkyl halides is 3. The van der Waals surface area contributed by atoms with Crippen molar-refractivity contribution in [2.45, 2.75) is 29.2 Å². The zero-order valence-electron chi connectivity index (χ0n) is 17.0. The van der Waals surface area contributed by atoms with E-state index in [0.29, 0.717) is 28.3 Å². The normalized spacial score (nSPS) is 22.9. The highest BCUT2D eigenvalue weighted by molar-refractivity contribution is 8.15. The second-order valence-electron chi connectivity index (χ2n) is 7.49. The number of amides is 1. The maximum Gasteiger partial charge on any atom is 0.416 e. The summed E-state index contributed by atoms with van der Waals surface area (Å²) in [5, 5.41) is 19.1. The summed E-state index contributed by atoms with van der Waals surface area (Å²) in [6.45, 7) is 0. The number of carboxylic acid groups (broad SMARTS) is 1. The highest BCUT2D eigenvalue weighted by Gasteiger charge is 2.35. The third-order valence-corrected chi connectivity index (χ3v) is 7.43. The number of fused-ring (bicyclic) bond motifs is 1. The molecule has 1 amide bonds. The van der Waals surface area contributed by atoms with Crippen molar-refractivity contribution in [1.82, 2.24) is 5.32 Å². The lowest BCUT2D eigenvalue weighted by Gasteiger charge is -2.26. The molecule has 2 aromatic carbocycles. The number of halogens is 3.